The lowest BCUT2D eigenvalue weighted by Crippen LogP contribution is -2.10. The Kier molecular flexibility index (Phi) is 5.74. The Morgan fingerprint density at radius 1 is 0.511 bits per heavy atom. The van der Waals surface area contributed by atoms with Crippen molar-refractivity contribution in [3.8, 4) is 45.2 Å². The first-order chi connectivity index (χ1) is 23.3. The van der Waals surface area contributed by atoms with Crippen LogP contribution < -0.4 is 4.90 Å². The maximum Gasteiger partial charge on any atom is 0.227 e. The number of thiophene rings is 1. The third-order valence-electron chi connectivity index (χ3n) is 9.20. The molecule has 0 N–H and O–H groups in total. The summed E-state index contributed by atoms with van der Waals surface area (Å²) in [5, 5.41) is 4.88. The number of benzene rings is 7. The van der Waals surface area contributed by atoms with Crippen LogP contribution in [0.2, 0.25) is 0 Å². The van der Waals surface area contributed by atoms with Gasteiger partial charge in [-0.25, -0.2) is 4.98 Å². The third kappa shape index (κ3) is 4.09. The van der Waals surface area contributed by atoms with Crippen molar-refractivity contribution in [2.75, 3.05) is 4.90 Å². The average molecular weight is 619 g/mol. The summed E-state index contributed by atoms with van der Waals surface area (Å²) in [6.07, 6.45) is 0. The second-order valence-electron chi connectivity index (χ2n) is 12.0. The van der Waals surface area contributed by atoms with Gasteiger partial charge in [-0.2, -0.15) is 0 Å². The monoisotopic (exact) mass is 618 g/mol. The van der Waals surface area contributed by atoms with Gasteiger partial charge >= 0.3 is 0 Å². The number of anilines is 3. The van der Waals surface area contributed by atoms with Crippen molar-refractivity contribution in [1.82, 2.24) is 4.98 Å². The van der Waals surface area contributed by atoms with E-state index >= 15 is 0 Å². The van der Waals surface area contributed by atoms with Crippen molar-refractivity contribution >= 4 is 59.3 Å². The molecular weight excluding hydrogens is 593 g/mol. The van der Waals surface area contributed by atoms with Crippen LogP contribution in [0.4, 0.5) is 17.1 Å². The molecule has 0 amide bonds. The minimum atomic E-state index is 0.644. The molecule has 3 nitrogen and oxygen atoms in total. The lowest BCUT2D eigenvalue weighted by atomic mass is 10.0. The lowest BCUT2D eigenvalue weighted by molar-refractivity contribution is 0.590. The molecule has 0 aliphatic heterocycles. The first kappa shape index (κ1) is 26.3. The predicted octanol–water partition coefficient (Wildman–Crippen LogP) is 12.6. The molecule has 47 heavy (non-hydrogen) atoms. The van der Waals surface area contributed by atoms with E-state index in [4.69, 9.17) is 9.40 Å². The average Bonchev–Trinajstić information content (AvgIpc) is 3.82. The highest BCUT2D eigenvalue weighted by Crippen LogP contribution is 2.52. The van der Waals surface area contributed by atoms with Crippen LogP contribution in [-0.4, -0.2) is 4.98 Å². The quantitative estimate of drug-likeness (QED) is 0.192. The van der Waals surface area contributed by atoms with Gasteiger partial charge in [0.25, 0.3) is 0 Å². The van der Waals surface area contributed by atoms with Crippen LogP contribution in [0.3, 0.4) is 0 Å². The molecule has 0 saturated heterocycles. The maximum absolute atomic E-state index is 6.60. The van der Waals surface area contributed by atoms with Gasteiger partial charge in [-0.1, -0.05) is 103 Å². The molecular formula is C43H26N2OS. The van der Waals surface area contributed by atoms with Gasteiger partial charge in [-0.15, -0.1) is 11.3 Å². The van der Waals surface area contributed by atoms with Crippen molar-refractivity contribution in [2.45, 2.75) is 0 Å². The molecule has 0 unspecified atom stereocenters. The van der Waals surface area contributed by atoms with Gasteiger partial charge < -0.3 is 9.32 Å². The number of hydrogen-bond acceptors (Lipinski definition) is 4. The van der Waals surface area contributed by atoms with Crippen molar-refractivity contribution in [3.63, 3.8) is 0 Å². The number of hydrogen-bond donors (Lipinski definition) is 0. The van der Waals surface area contributed by atoms with Gasteiger partial charge in [-0.3, -0.25) is 0 Å². The number of nitrogens with zero attached hydrogens (tertiary/aromatic N) is 2. The molecule has 0 bridgehead atoms. The zero-order chi connectivity index (χ0) is 30.9. The molecule has 1 aliphatic rings. The van der Waals surface area contributed by atoms with Crippen LogP contribution in [0, 0.1) is 0 Å². The second-order valence-corrected chi connectivity index (χ2v) is 13.0. The van der Waals surface area contributed by atoms with Crippen molar-refractivity contribution in [1.29, 1.82) is 0 Å². The van der Waals surface area contributed by atoms with E-state index in [9.17, 15) is 0 Å². The predicted molar refractivity (Wildman–Crippen MR) is 197 cm³/mol. The minimum absolute atomic E-state index is 0.644. The molecule has 0 atom stereocenters. The number of oxazole rings is 1. The van der Waals surface area contributed by atoms with Gasteiger partial charge in [0.05, 0.1) is 5.69 Å². The fraction of sp³-hybridized carbons (Fsp3) is 0. The van der Waals surface area contributed by atoms with E-state index in [-0.39, 0.29) is 0 Å². The zero-order valence-corrected chi connectivity index (χ0v) is 26.0. The van der Waals surface area contributed by atoms with Crippen LogP contribution in [0.15, 0.2) is 162 Å². The van der Waals surface area contributed by atoms with E-state index in [0.717, 1.165) is 50.6 Å². The normalized spacial score (nSPS) is 11.8. The van der Waals surface area contributed by atoms with Gasteiger partial charge in [0, 0.05) is 53.6 Å². The SMILES string of the molecule is c1ccc(-c2cccc(N(c3cc4c5c(cccc5c3)-c3nc(-c5ccccc5)oc3-4)c3cccc4sc5ccccc5c34)c2)cc1. The molecule has 10 rings (SSSR count). The van der Waals surface area contributed by atoms with E-state index in [1.807, 2.05) is 41.7 Å². The van der Waals surface area contributed by atoms with Crippen LogP contribution in [-0.2, 0) is 0 Å². The van der Waals surface area contributed by atoms with E-state index in [2.05, 4.69) is 132 Å². The molecule has 7 aromatic carbocycles. The van der Waals surface area contributed by atoms with E-state index < -0.39 is 0 Å². The lowest BCUT2D eigenvalue weighted by Gasteiger charge is -2.28. The number of fused-ring (bicyclic) bond motifs is 6. The minimum Gasteiger partial charge on any atom is -0.435 e. The van der Waals surface area contributed by atoms with Crippen LogP contribution in [0.25, 0.3) is 76.1 Å². The highest BCUT2D eigenvalue weighted by molar-refractivity contribution is 7.26. The number of aromatic nitrogens is 1. The molecule has 220 valence electrons. The summed E-state index contributed by atoms with van der Waals surface area (Å²) in [6.45, 7) is 0. The van der Waals surface area contributed by atoms with Crippen molar-refractivity contribution < 1.29 is 4.42 Å². The Balaban J connectivity index is 1.24. The fourth-order valence-corrected chi connectivity index (χ4v) is 8.26. The maximum atomic E-state index is 6.60. The first-order valence-corrected chi connectivity index (χ1v) is 16.6. The summed E-state index contributed by atoms with van der Waals surface area (Å²) in [5.41, 5.74) is 9.75. The van der Waals surface area contributed by atoms with Crippen molar-refractivity contribution in [2.24, 2.45) is 0 Å². The van der Waals surface area contributed by atoms with Crippen LogP contribution >= 0.6 is 11.3 Å². The smallest absolute Gasteiger partial charge is 0.227 e. The fourth-order valence-electron chi connectivity index (χ4n) is 7.13. The Bertz CT molecular complexity index is 2640. The molecule has 0 saturated carbocycles. The highest BCUT2D eigenvalue weighted by atomic mass is 32.1. The van der Waals surface area contributed by atoms with E-state index in [0.29, 0.717) is 5.89 Å². The van der Waals surface area contributed by atoms with Crippen molar-refractivity contribution in [3.05, 3.63) is 158 Å². The third-order valence-corrected chi connectivity index (χ3v) is 10.3. The molecule has 4 heteroatoms. The molecule has 0 radical (unpaired) electrons. The zero-order valence-electron chi connectivity index (χ0n) is 25.2. The number of rotatable bonds is 5. The molecule has 2 heterocycles. The molecule has 9 aromatic rings. The summed E-state index contributed by atoms with van der Waals surface area (Å²) >= 11 is 1.84. The highest BCUT2D eigenvalue weighted by Gasteiger charge is 2.30. The second kappa shape index (κ2) is 10.3. The van der Waals surface area contributed by atoms with Gasteiger partial charge in [-0.05, 0) is 71.1 Å². The largest absolute Gasteiger partial charge is 0.435 e. The van der Waals surface area contributed by atoms with Gasteiger partial charge in [0.1, 0.15) is 5.69 Å². The summed E-state index contributed by atoms with van der Waals surface area (Å²) in [7, 11) is 0. The standard InChI is InChI=1S/C43H26N2OS/c1-3-12-27(13-4-1)29-16-9-18-31(24-29)45(36-21-11-23-38-40(36)33-19-7-8-22-37(33)47-38)32-25-30-17-10-20-34-39(30)35(26-32)42-41(34)44-43(46-42)28-14-5-2-6-15-28/h1-26H. The first-order valence-electron chi connectivity index (χ1n) is 15.8. The van der Waals surface area contributed by atoms with Gasteiger partial charge in [0.2, 0.25) is 5.89 Å². The van der Waals surface area contributed by atoms with E-state index in [1.165, 1.54) is 36.7 Å². The Morgan fingerprint density at radius 3 is 2.11 bits per heavy atom. The summed E-state index contributed by atoms with van der Waals surface area (Å²) in [5.74, 6) is 1.47. The molecule has 0 spiro atoms. The Labute approximate surface area is 275 Å². The van der Waals surface area contributed by atoms with Gasteiger partial charge in [0.15, 0.2) is 5.76 Å². The summed E-state index contributed by atoms with van der Waals surface area (Å²) < 4.78 is 9.15. The molecule has 1 aliphatic carbocycles. The van der Waals surface area contributed by atoms with Crippen LogP contribution in [0.5, 0.6) is 0 Å². The van der Waals surface area contributed by atoms with E-state index in [1.54, 1.807) is 0 Å². The summed E-state index contributed by atoms with van der Waals surface area (Å²) in [6, 6.07) is 56.1. The molecule has 0 fully saturated rings. The topological polar surface area (TPSA) is 29.3 Å². The van der Waals surface area contributed by atoms with Crippen LogP contribution in [0.1, 0.15) is 0 Å². The Hall–Kier alpha value is -5.97. The molecule has 2 aromatic heterocycles. The summed E-state index contributed by atoms with van der Waals surface area (Å²) in [4.78, 5) is 7.45. The Morgan fingerprint density at radius 2 is 1.23 bits per heavy atom.